The highest BCUT2D eigenvalue weighted by Crippen LogP contribution is 2.23. The van der Waals surface area contributed by atoms with Crippen molar-refractivity contribution in [2.45, 2.75) is 43.9 Å². The summed E-state index contributed by atoms with van der Waals surface area (Å²) >= 11 is 3.41. The molecule has 0 radical (unpaired) electrons. The molecule has 0 heterocycles. The normalized spacial score (nSPS) is 21.1. The van der Waals surface area contributed by atoms with E-state index in [-0.39, 0.29) is 5.91 Å². The van der Waals surface area contributed by atoms with Crippen LogP contribution in [0.15, 0.2) is 0 Å². The fraction of sp³-hybridized carbons (Fsp3) is 0.900. The molecule has 2 nitrogen and oxygen atoms in total. The first-order valence-corrected chi connectivity index (χ1v) is 6.03. The highest BCUT2D eigenvalue weighted by atomic mass is 79.9. The number of carbonyl (C=O) groups is 1. The van der Waals surface area contributed by atoms with Crippen molar-refractivity contribution >= 4 is 21.8 Å². The van der Waals surface area contributed by atoms with Crippen LogP contribution < -0.4 is 5.32 Å². The second-order valence-corrected chi connectivity index (χ2v) is 5.42. The van der Waals surface area contributed by atoms with Crippen LogP contribution in [-0.4, -0.2) is 17.3 Å². The number of rotatable bonds is 3. The predicted molar refractivity (Wildman–Crippen MR) is 58.0 cm³/mol. The van der Waals surface area contributed by atoms with Crippen LogP contribution in [0.3, 0.4) is 0 Å². The summed E-state index contributed by atoms with van der Waals surface area (Å²) in [6.07, 6.45) is 5.92. The van der Waals surface area contributed by atoms with E-state index in [1.807, 2.05) is 6.92 Å². The molecular formula is C10H18BrNO. The Morgan fingerprint density at radius 2 is 2.08 bits per heavy atom. The van der Waals surface area contributed by atoms with Gasteiger partial charge in [0.25, 0.3) is 0 Å². The number of hydrogen-bond donors (Lipinski definition) is 1. The molecule has 0 aromatic heterocycles. The molecule has 0 saturated heterocycles. The molecule has 0 bridgehead atoms. The molecule has 1 amide bonds. The zero-order chi connectivity index (χ0) is 9.68. The minimum Gasteiger partial charge on any atom is -0.355 e. The number of amides is 1. The molecule has 3 heteroatoms. The van der Waals surface area contributed by atoms with Gasteiger partial charge in [0.2, 0.25) is 5.91 Å². The van der Waals surface area contributed by atoms with Gasteiger partial charge in [-0.2, -0.15) is 0 Å². The lowest BCUT2D eigenvalue weighted by Crippen LogP contribution is -2.34. The first-order valence-electron chi connectivity index (χ1n) is 5.12. The molecule has 0 aliphatic heterocycles. The molecule has 0 aromatic carbocycles. The lowest BCUT2D eigenvalue weighted by molar-refractivity contribution is -0.125. The summed E-state index contributed by atoms with van der Waals surface area (Å²) in [6.45, 7) is 2.79. The summed E-state index contributed by atoms with van der Waals surface area (Å²) in [6, 6.07) is 0. The van der Waals surface area contributed by atoms with Crippen molar-refractivity contribution in [3.8, 4) is 0 Å². The smallest absolute Gasteiger partial charge is 0.223 e. The number of halogens is 1. The van der Waals surface area contributed by atoms with E-state index in [4.69, 9.17) is 0 Å². The van der Waals surface area contributed by atoms with Crippen LogP contribution >= 0.6 is 15.9 Å². The zero-order valence-electron chi connectivity index (χ0n) is 8.18. The molecule has 1 atom stereocenters. The zero-order valence-corrected chi connectivity index (χ0v) is 9.77. The lowest BCUT2D eigenvalue weighted by Gasteiger charge is -2.20. The maximum Gasteiger partial charge on any atom is 0.223 e. The van der Waals surface area contributed by atoms with E-state index in [2.05, 4.69) is 21.2 Å². The Kier molecular flexibility index (Phi) is 4.78. The minimum absolute atomic E-state index is 0.256. The van der Waals surface area contributed by atoms with Gasteiger partial charge in [-0.25, -0.2) is 0 Å². The highest BCUT2D eigenvalue weighted by molar-refractivity contribution is 9.09. The Morgan fingerprint density at radius 1 is 1.46 bits per heavy atom. The monoisotopic (exact) mass is 247 g/mol. The van der Waals surface area contributed by atoms with E-state index in [9.17, 15) is 4.79 Å². The van der Waals surface area contributed by atoms with Gasteiger partial charge in [-0.05, 0) is 12.8 Å². The van der Waals surface area contributed by atoms with Crippen molar-refractivity contribution in [2.24, 2.45) is 5.92 Å². The third-order valence-corrected chi connectivity index (χ3v) is 2.86. The summed E-state index contributed by atoms with van der Waals surface area (Å²) < 4.78 is 0. The third-order valence-electron chi connectivity index (χ3n) is 2.53. The van der Waals surface area contributed by atoms with Crippen LogP contribution in [0.25, 0.3) is 0 Å². The van der Waals surface area contributed by atoms with Gasteiger partial charge in [-0.3, -0.25) is 4.79 Å². The number of hydrogen-bond acceptors (Lipinski definition) is 1. The fourth-order valence-electron chi connectivity index (χ4n) is 1.75. The minimum atomic E-state index is 0.256. The molecule has 1 unspecified atom stereocenters. The molecule has 0 aromatic rings. The number of nitrogens with one attached hydrogen (secondary N) is 1. The maximum atomic E-state index is 11.6. The van der Waals surface area contributed by atoms with E-state index >= 15 is 0 Å². The lowest BCUT2D eigenvalue weighted by atomic mass is 9.89. The fourth-order valence-corrected chi connectivity index (χ4v) is 1.91. The first kappa shape index (κ1) is 11.0. The Hall–Kier alpha value is -0.0500. The quantitative estimate of drug-likeness (QED) is 0.764. The van der Waals surface area contributed by atoms with Crippen molar-refractivity contribution in [2.75, 3.05) is 6.54 Å². The Morgan fingerprint density at radius 3 is 2.62 bits per heavy atom. The van der Waals surface area contributed by atoms with Crippen LogP contribution in [0.2, 0.25) is 0 Å². The molecule has 0 spiro atoms. The largest absolute Gasteiger partial charge is 0.355 e. The average Bonchev–Trinajstić information content (AvgIpc) is 2.15. The van der Waals surface area contributed by atoms with Gasteiger partial charge in [-0.1, -0.05) is 42.1 Å². The van der Waals surface area contributed by atoms with Crippen LogP contribution in [0, 0.1) is 5.92 Å². The number of carbonyl (C=O) groups excluding carboxylic acids is 1. The van der Waals surface area contributed by atoms with Crippen LogP contribution in [0.4, 0.5) is 0 Å². The van der Waals surface area contributed by atoms with E-state index < -0.39 is 0 Å². The van der Waals surface area contributed by atoms with Gasteiger partial charge in [0.15, 0.2) is 0 Å². The predicted octanol–water partition coefficient (Wildman–Crippen LogP) is 2.47. The standard InChI is InChI=1S/C10H18BrNO/c1-8(11)7-12-10(13)9-5-3-2-4-6-9/h8-9H,2-7H2,1H3,(H,12,13). The summed E-state index contributed by atoms with van der Waals surface area (Å²) in [5.41, 5.74) is 0. The molecule has 1 saturated carbocycles. The van der Waals surface area contributed by atoms with Gasteiger partial charge in [-0.15, -0.1) is 0 Å². The van der Waals surface area contributed by atoms with E-state index in [0.717, 1.165) is 19.4 Å². The van der Waals surface area contributed by atoms with Crippen LogP contribution in [-0.2, 0) is 4.79 Å². The van der Waals surface area contributed by atoms with Crippen molar-refractivity contribution < 1.29 is 4.79 Å². The molecule has 13 heavy (non-hydrogen) atoms. The Balaban J connectivity index is 2.21. The summed E-state index contributed by atoms with van der Waals surface area (Å²) in [5.74, 6) is 0.547. The van der Waals surface area contributed by atoms with E-state index in [1.165, 1.54) is 19.3 Å². The van der Waals surface area contributed by atoms with Gasteiger partial charge in [0.05, 0.1) is 0 Å². The van der Waals surface area contributed by atoms with Crippen molar-refractivity contribution in [1.29, 1.82) is 0 Å². The Bertz CT molecular complexity index is 164. The third kappa shape index (κ3) is 4.12. The first-order chi connectivity index (χ1) is 6.20. The highest BCUT2D eigenvalue weighted by Gasteiger charge is 2.20. The molecule has 1 rings (SSSR count). The second-order valence-electron chi connectivity index (χ2n) is 3.86. The molecule has 76 valence electrons. The number of alkyl halides is 1. The van der Waals surface area contributed by atoms with Crippen LogP contribution in [0.5, 0.6) is 0 Å². The molecule has 1 aliphatic carbocycles. The summed E-state index contributed by atoms with van der Waals surface area (Å²) in [5, 5.41) is 2.97. The summed E-state index contributed by atoms with van der Waals surface area (Å²) in [7, 11) is 0. The maximum absolute atomic E-state index is 11.6. The van der Waals surface area contributed by atoms with Gasteiger partial charge in [0.1, 0.15) is 0 Å². The van der Waals surface area contributed by atoms with Crippen molar-refractivity contribution in [3.05, 3.63) is 0 Å². The SMILES string of the molecule is CC(Br)CNC(=O)C1CCCCC1. The average molecular weight is 248 g/mol. The topological polar surface area (TPSA) is 29.1 Å². The van der Waals surface area contributed by atoms with Gasteiger partial charge < -0.3 is 5.32 Å². The van der Waals surface area contributed by atoms with Crippen molar-refractivity contribution in [1.82, 2.24) is 5.32 Å². The molecular weight excluding hydrogens is 230 g/mol. The second kappa shape index (κ2) is 5.63. The van der Waals surface area contributed by atoms with Crippen LogP contribution in [0.1, 0.15) is 39.0 Å². The Labute approximate surface area is 88.6 Å². The molecule has 1 fully saturated rings. The van der Waals surface area contributed by atoms with E-state index in [1.54, 1.807) is 0 Å². The van der Waals surface area contributed by atoms with Gasteiger partial charge >= 0.3 is 0 Å². The van der Waals surface area contributed by atoms with Crippen molar-refractivity contribution in [3.63, 3.8) is 0 Å². The molecule has 1 N–H and O–H groups in total. The molecule has 1 aliphatic rings. The van der Waals surface area contributed by atoms with Gasteiger partial charge in [0, 0.05) is 17.3 Å². The summed E-state index contributed by atoms with van der Waals surface area (Å²) in [4.78, 5) is 11.9. The van der Waals surface area contributed by atoms with E-state index in [0.29, 0.717) is 10.7 Å².